The van der Waals surface area contributed by atoms with Gasteiger partial charge in [-0.25, -0.2) is 4.98 Å². The van der Waals surface area contributed by atoms with E-state index in [1.165, 1.54) is 0 Å². The van der Waals surface area contributed by atoms with E-state index in [0.29, 0.717) is 19.6 Å². The van der Waals surface area contributed by atoms with Gasteiger partial charge < -0.3 is 20.3 Å². The van der Waals surface area contributed by atoms with E-state index >= 15 is 0 Å². The van der Waals surface area contributed by atoms with Gasteiger partial charge in [-0.3, -0.25) is 4.79 Å². The van der Waals surface area contributed by atoms with Gasteiger partial charge in [0.2, 0.25) is 0 Å². The molecule has 2 aliphatic rings. The van der Waals surface area contributed by atoms with Crippen molar-refractivity contribution in [1.29, 1.82) is 0 Å². The van der Waals surface area contributed by atoms with E-state index < -0.39 is 0 Å². The van der Waals surface area contributed by atoms with E-state index in [0.717, 1.165) is 42.7 Å². The number of carbonyl (C=O) groups excluding carboxylic acids is 1. The van der Waals surface area contributed by atoms with Crippen molar-refractivity contribution in [3.63, 3.8) is 0 Å². The zero-order chi connectivity index (χ0) is 17.2. The van der Waals surface area contributed by atoms with Gasteiger partial charge in [-0.1, -0.05) is 18.2 Å². The van der Waals surface area contributed by atoms with Gasteiger partial charge in [0.1, 0.15) is 11.9 Å². The van der Waals surface area contributed by atoms with Gasteiger partial charge in [-0.15, -0.1) is 0 Å². The predicted octanol–water partition coefficient (Wildman–Crippen LogP) is 1.39. The predicted molar refractivity (Wildman–Crippen MR) is 97.5 cm³/mol. The maximum Gasteiger partial charge on any atom is 0.251 e. The Morgan fingerprint density at radius 1 is 1.12 bits per heavy atom. The molecule has 1 aromatic carbocycles. The number of nitrogens with zero attached hydrogens (tertiary/aromatic N) is 3. The summed E-state index contributed by atoms with van der Waals surface area (Å²) in [5, 5.41) is 1.15. The normalized spacial score (nSPS) is 24.0. The molecule has 2 atom stereocenters. The number of nitrogens with two attached hydrogens (primary N) is 1. The van der Waals surface area contributed by atoms with Crippen LogP contribution in [0.2, 0.25) is 0 Å². The third-order valence-electron chi connectivity index (χ3n) is 5.14. The molecule has 6 heteroatoms. The Kier molecular flexibility index (Phi) is 4.55. The molecule has 0 radical (unpaired) electrons. The fourth-order valence-corrected chi connectivity index (χ4v) is 3.65. The Balaban J connectivity index is 1.38. The van der Waals surface area contributed by atoms with E-state index in [9.17, 15) is 4.79 Å². The summed E-state index contributed by atoms with van der Waals surface area (Å²) in [5.74, 6) is 1.09. The van der Waals surface area contributed by atoms with Crippen molar-refractivity contribution < 1.29 is 9.53 Å². The smallest absolute Gasteiger partial charge is 0.251 e. The molecule has 0 saturated carbocycles. The topological polar surface area (TPSA) is 71.7 Å². The van der Waals surface area contributed by atoms with Gasteiger partial charge in [-0.2, -0.15) is 0 Å². The third-order valence-corrected chi connectivity index (χ3v) is 5.14. The Bertz CT molecular complexity index is 758. The van der Waals surface area contributed by atoms with Crippen molar-refractivity contribution in [2.45, 2.75) is 25.0 Å². The van der Waals surface area contributed by atoms with E-state index in [4.69, 9.17) is 15.5 Å². The molecule has 0 bridgehead atoms. The Hall–Kier alpha value is -2.18. The van der Waals surface area contributed by atoms with Crippen molar-refractivity contribution >= 4 is 22.6 Å². The molecule has 0 spiro atoms. The van der Waals surface area contributed by atoms with Crippen LogP contribution >= 0.6 is 0 Å². The number of ether oxygens (including phenoxy) is 1. The SMILES string of the molecule is NC[C@H]1CC[C@@H](C(=O)N2CCN(c3ccc4ccccc4n3)CC2)O1. The highest BCUT2D eigenvalue weighted by Gasteiger charge is 2.34. The molecule has 1 amide bonds. The molecule has 132 valence electrons. The summed E-state index contributed by atoms with van der Waals surface area (Å²) in [6.45, 7) is 3.50. The molecule has 2 aromatic rings. The van der Waals surface area contributed by atoms with Crippen molar-refractivity contribution in [3.8, 4) is 0 Å². The largest absolute Gasteiger partial charge is 0.364 e. The standard InChI is InChI=1S/C19H24N4O2/c20-13-15-6-7-17(25-15)19(24)23-11-9-22(10-12-23)18-8-5-14-3-1-2-4-16(14)21-18/h1-5,8,15,17H,6-7,9-13,20H2/t15-,17+/m1/s1. The number of anilines is 1. The number of carbonyl (C=O) groups is 1. The first-order chi connectivity index (χ1) is 12.2. The second kappa shape index (κ2) is 6.98. The first kappa shape index (κ1) is 16.3. The number of amides is 1. The number of piperazine rings is 1. The first-order valence-corrected chi connectivity index (χ1v) is 8.99. The zero-order valence-corrected chi connectivity index (χ0v) is 14.3. The molecule has 0 aliphatic carbocycles. The van der Waals surface area contributed by atoms with Crippen LogP contribution in [0.15, 0.2) is 36.4 Å². The average molecular weight is 340 g/mol. The van der Waals surface area contributed by atoms with E-state index in [1.807, 2.05) is 23.1 Å². The second-order valence-electron chi connectivity index (χ2n) is 6.73. The summed E-state index contributed by atoms with van der Waals surface area (Å²) in [5.41, 5.74) is 6.64. The minimum atomic E-state index is -0.307. The van der Waals surface area contributed by atoms with E-state index in [1.54, 1.807) is 0 Å². The summed E-state index contributed by atoms with van der Waals surface area (Å²) in [6, 6.07) is 12.3. The summed E-state index contributed by atoms with van der Waals surface area (Å²) in [6.07, 6.45) is 1.40. The number of para-hydroxylation sites is 1. The summed E-state index contributed by atoms with van der Waals surface area (Å²) in [7, 11) is 0. The molecular formula is C19H24N4O2. The molecule has 2 aliphatic heterocycles. The molecule has 6 nitrogen and oxygen atoms in total. The lowest BCUT2D eigenvalue weighted by molar-refractivity contribution is -0.143. The Labute approximate surface area is 147 Å². The summed E-state index contributed by atoms with van der Waals surface area (Å²) >= 11 is 0. The number of pyridine rings is 1. The molecule has 2 fully saturated rings. The monoisotopic (exact) mass is 340 g/mol. The Morgan fingerprint density at radius 2 is 1.92 bits per heavy atom. The highest BCUT2D eigenvalue weighted by molar-refractivity contribution is 5.82. The summed E-state index contributed by atoms with van der Waals surface area (Å²) in [4.78, 5) is 21.5. The molecule has 2 saturated heterocycles. The molecular weight excluding hydrogens is 316 g/mol. The number of hydrogen-bond acceptors (Lipinski definition) is 5. The number of rotatable bonds is 3. The molecule has 25 heavy (non-hydrogen) atoms. The molecule has 0 unspecified atom stereocenters. The third kappa shape index (κ3) is 3.32. The van der Waals surface area contributed by atoms with Crippen LogP contribution in [0.5, 0.6) is 0 Å². The van der Waals surface area contributed by atoms with E-state index in [-0.39, 0.29) is 18.1 Å². The average Bonchev–Trinajstić information content (AvgIpc) is 3.16. The van der Waals surface area contributed by atoms with Crippen molar-refractivity contribution in [3.05, 3.63) is 36.4 Å². The number of aromatic nitrogens is 1. The van der Waals surface area contributed by atoms with Gasteiger partial charge in [0.15, 0.2) is 0 Å². The van der Waals surface area contributed by atoms with Gasteiger partial charge in [0.05, 0.1) is 11.6 Å². The first-order valence-electron chi connectivity index (χ1n) is 8.99. The Morgan fingerprint density at radius 3 is 2.68 bits per heavy atom. The molecule has 2 N–H and O–H groups in total. The fraction of sp³-hybridized carbons (Fsp3) is 0.474. The van der Waals surface area contributed by atoms with Crippen LogP contribution < -0.4 is 10.6 Å². The van der Waals surface area contributed by atoms with Crippen LogP contribution in [-0.2, 0) is 9.53 Å². The van der Waals surface area contributed by atoms with Crippen molar-refractivity contribution in [1.82, 2.24) is 9.88 Å². The summed E-state index contributed by atoms with van der Waals surface area (Å²) < 4.78 is 5.74. The number of hydrogen-bond donors (Lipinski definition) is 1. The van der Waals surface area contributed by atoms with E-state index in [2.05, 4.69) is 23.1 Å². The van der Waals surface area contributed by atoms with Gasteiger partial charge >= 0.3 is 0 Å². The van der Waals surface area contributed by atoms with Crippen LogP contribution in [0.3, 0.4) is 0 Å². The number of fused-ring (bicyclic) bond motifs is 1. The zero-order valence-electron chi connectivity index (χ0n) is 14.3. The molecule has 3 heterocycles. The fourth-order valence-electron chi connectivity index (χ4n) is 3.65. The second-order valence-corrected chi connectivity index (χ2v) is 6.73. The number of benzene rings is 1. The van der Waals surface area contributed by atoms with Gasteiger partial charge in [0, 0.05) is 38.1 Å². The molecule has 4 rings (SSSR count). The van der Waals surface area contributed by atoms with Gasteiger partial charge in [-0.05, 0) is 31.0 Å². The van der Waals surface area contributed by atoms with Crippen LogP contribution in [0.1, 0.15) is 12.8 Å². The lowest BCUT2D eigenvalue weighted by Gasteiger charge is -2.36. The van der Waals surface area contributed by atoms with Crippen LogP contribution in [0, 0.1) is 0 Å². The van der Waals surface area contributed by atoms with Crippen LogP contribution in [-0.4, -0.2) is 60.7 Å². The van der Waals surface area contributed by atoms with Crippen LogP contribution in [0.25, 0.3) is 10.9 Å². The van der Waals surface area contributed by atoms with Crippen molar-refractivity contribution in [2.75, 3.05) is 37.6 Å². The highest BCUT2D eigenvalue weighted by atomic mass is 16.5. The minimum Gasteiger partial charge on any atom is -0.364 e. The molecule has 1 aromatic heterocycles. The lowest BCUT2D eigenvalue weighted by Crippen LogP contribution is -2.51. The highest BCUT2D eigenvalue weighted by Crippen LogP contribution is 2.23. The van der Waals surface area contributed by atoms with Crippen molar-refractivity contribution in [2.24, 2.45) is 5.73 Å². The van der Waals surface area contributed by atoms with Crippen LogP contribution in [0.4, 0.5) is 5.82 Å². The van der Waals surface area contributed by atoms with Gasteiger partial charge in [0.25, 0.3) is 5.91 Å². The maximum absolute atomic E-state index is 12.6. The minimum absolute atomic E-state index is 0.0389. The quantitative estimate of drug-likeness (QED) is 0.914. The maximum atomic E-state index is 12.6. The lowest BCUT2D eigenvalue weighted by atomic mass is 10.1.